The predicted molar refractivity (Wildman–Crippen MR) is 57.5 cm³/mol. The molecule has 64 valence electrons. The summed E-state index contributed by atoms with van der Waals surface area (Å²) in [4.78, 5) is 5.45. The van der Waals surface area contributed by atoms with Gasteiger partial charge < -0.3 is 0 Å². The van der Waals surface area contributed by atoms with Crippen molar-refractivity contribution in [1.82, 2.24) is 4.98 Å². The van der Waals surface area contributed by atoms with Crippen LogP contribution < -0.4 is 0 Å². The predicted octanol–water partition coefficient (Wildman–Crippen LogP) is 3.31. The molecule has 0 saturated carbocycles. The highest BCUT2D eigenvalue weighted by atomic mass is 32.1. The summed E-state index contributed by atoms with van der Waals surface area (Å²) in [5.74, 6) is 0. The van der Waals surface area contributed by atoms with Crippen LogP contribution in [0.3, 0.4) is 0 Å². The summed E-state index contributed by atoms with van der Waals surface area (Å²) in [6, 6.07) is 10.0. The molecule has 0 radical (unpaired) electrons. The van der Waals surface area contributed by atoms with Gasteiger partial charge in [-0.1, -0.05) is 12.1 Å². The third-order valence-electron chi connectivity index (χ3n) is 1.65. The van der Waals surface area contributed by atoms with E-state index in [0.29, 0.717) is 0 Å². The van der Waals surface area contributed by atoms with E-state index in [0.717, 1.165) is 5.69 Å². The van der Waals surface area contributed by atoms with Crippen LogP contribution >= 0.6 is 11.3 Å². The van der Waals surface area contributed by atoms with Gasteiger partial charge >= 0.3 is 0 Å². The highest BCUT2D eigenvalue weighted by molar-refractivity contribution is 7.10. The van der Waals surface area contributed by atoms with Crippen LogP contribution in [0.4, 0.5) is 0 Å². The molecule has 13 heavy (non-hydrogen) atoms. The van der Waals surface area contributed by atoms with Gasteiger partial charge in [0.25, 0.3) is 0 Å². The SMILES string of the molecule is C(=Cc1cccs1)c1ccccn1. The Bertz CT molecular complexity index is 376. The largest absolute Gasteiger partial charge is 0.257 e. The topological polar surface area (TPSA) is 12.9 Å². The molecule has 0 unspecified atom stereocenters. The van der Waals surface area contributed by atoms with E-state index in [1.54, 1.807) is 17.5 Å². The van der Waals surface area contributed by atoms with Gasteiger partial charge in [0.1, 0.15) is 0 Å². The summed E-state index contributed by atoms with van der Waals surface area (Å²) < 4.78 is 0. The van der Waals surface area contributed by atoms with Crippen molar-refractivity contribution in [2.75, 3.05) is 0 Å². The van der Waals surface area contributed by atoms with Gasteiger partial charge in [-0.25, -0.2) is 0 Å². The summed E-state index contributed by atoms with van der Waals surface area (Å²) >= 11 is 1.73. The second-order valence-corrected chi connectivity index (χ2v) is 3.58. The minimum Gasteiger partial charge on any atom is -0.257 e. The molecule has 2 aromatic heterocycles. The molecule has 0 atom stereocenters. The molecule has 2 aromatic rings. The van der Waals surface area contributed by atoms with E-state index >= 15 is 0 Å². The van der Waals surface area contributed by atoms with Gasteiger partial charge in [-0.15, -0.1) is 11.3 Å². The van der Waals surface area contributed by atoms with E-state index in [1.807, 2.05) is 30.3 Å². The van der Waals surface area contributed by atoms with E-state index in [2.05, 4.69) is 22.5 Å². The average molecular weight is 187 g/mol. The molecule has 0 amide bonds. The van der Waals surface area contributed by atoms with Crippen molar-refractivity contribution in [3.8, 4) is 0 Å². The summed E-state index contributed by atoms with van der Waals surface area (Å²) in [5.41, 5.74) is 0.996. The fourth-order valence-corrected chi connectivity index (χ4v) is 1.65. The maximum absolute atomic E-state index is 4.20. The first-order valence-electron chi connectivity index (χ1n) is 4.08. The highest BCUT2D eigenvalue weighted by Gasteiger charge is 1.86. The number of hydrogen-bond acceptors (Lipinski definition) is 2. The molecule has 0 aliphatic carbocycles. The van der Waals surface area contributed by atoms with Crippen LogP contribution in [-0.2, 0) is 0 Å². The summed E-state index contributed by atoms with van der Waals surface area (Å²) in [5, 5.41) is 2.07. The number of thiophene rings is 1. The maximum atomic E-state index is 4.20. The fraction of sp³-hybridized carbons (Fsp3) is 0. The van der Waals surface area contributed by atoms with Crippen molar-refractivity contribution in [3.05, 3.63) is 52.5 Å². The second kappa shape index (κ2) is 4.01. The van der Waals surface area contributed by atoms with E-state index in [4.69, 9.17) is 0 Å². The monoisotopic (exact) mass is 187 g/mol. The molecule has 0 aliphatic rings. The molecule has 1 nitrogen and oxygen atoms in total. The Kier molecular flexibility index (Phi) is 2.53. The van der Waals surface area contributed by atoms with Crippen LogP contribution in [0.25, 0.3) is 12.2 Å². The lowest BCUT2D eigenvalue weighted by atomic mass is 10.3. The third-order valence-corrected chi connectivity index (χ3v) is 2.49. The van der Waals surface area contributed by atoms with Crippen molar-refractivity contribution in [2.45, 2.75) is 0 Å². The maximum Gasteiger partial charge on any atom is 0.0630 e. The Morgan fingerprint density at radius 1 is 1.08 bits per heavy atom. The van der Waals surface area contributed by atoms with Crippen LogP contribution in [0.5, 0.6) is 0 Å². The van der Waals surface area contributed by atoms with E-state index in [1.165, 1.54) is 4.88 Å². The zero-order valence-electron chi connectivity index (χ0n) is 7.05. The van der Waals surface area contributed by atoms with Gasteiger partial charge in [0.05, 0.1) is 5.69 Å². The highest BCUT2D eigenvalue weighted by Crippen LogP contribution is 2.11. The molecule has 0 fully saturated rings. The Morgan fingerprint density at radius 3 is 2.77 bits per heavy atom. The molecule has 2 rings (SSSR count). The molecule has 2 heterocycles. The standard InChI is InChI=1S/C11H9NS/c1-2-8-12-10(4-1)6-7-11-5-3-9-13-11/h1-9H. The molecule has 0 aliphatic heterocycles. The first-order chi connectivity index (χ1) is 6.45. The lowest BCUT2D eigenvalue weighted by Gasteiger charge is -1.88. The van der Waals surface area contributed by atoms with Gasteiger partial charge in [0.2, 0.25) is 0 Å². The summed E-state index contributed by atoms with van der Waals surface area (Å²) in [6.45, 7) is 0. The van der Waals surface area contributed by atoms with E-state index in [9.17, 15) is 0 Å². The quantitative estimate of drug-likeness (QED) is 0.702. The number of pyridine rings is 1. The van der Waals surface area contributed by atoms with Gasteiger partial charge in [-0.05, 0) is 35.7 Å². The molecule has 0 saturated heterocycles. The van der Waals surface area contributed by atoms with Crippen LogP contribution in [-0.4, -0.2) is 4.98 Å². The Balaban J connectivity index is 2.15. The molecule has 0 spiro atoms. The van der Waals surface area contributed by atoms with Gasteiger partial charge in [0, 0.05) is 11.1 Å². The molecule has 0 N–H and O–H groups in total. The number of hydrogen-bond donors (Lipinski definition) is 0. The summed E-state index contributed by atoms with van der Waals surface area (Å²) in [6.07, 6.45) is 5.90. The molecule has 0 aromatic carbocycles. The van der Waals surface area contributed by atoms with Crippen molar-refractivity contribution in [2.24, 2.45) is 0 Å². The van der Waals surface area contributed by atoms with E-state index < -0.39 is 0 Å². The lowest BCUT2D eigenvalue weighted by Crippen LogP contribution is -1.75. The minimum atomic E-state index is 0.996. The number of nitrogens with zero attached hydrogens (tertiary/aromatic N) is 1. The lowest BCUT2D eigenvalue weighted by molar-refractivity contribution is 1.30. The van der Waals surface area contributed by atoms with Crippen molar-refractivity contribution in [3.63, 3.8) is 0 Å². The van der Waals surface area contributed by atoms with Crippen LogP contribution in [0.15, 0.2) is 41.9 Å². The van der Waals surface area contributed by atoms with Gasteiger partial charge in [-0.2, -0.15) is 0 Å². The first kappa shape index (κ1) is 8.20. The third kappa shape index (κ3) is 2.26. The average Bonchev–Trinajstić information content (AvgIpc) is 2.69. The smallest absolute Gasteiger partial charge is 0.0630 e. The fourth-order valence-electron chi connectivity index (χ4n) is 1.03. The molecule has 0 bridgehead atoms. The van der Waals surface area contributed by atoms with Crippen molar-refractivity contribution < 1.29 is 0 Å². The Labute approximate surface area is 81.4 Å². The molecule has 2 heteroatoms. The number of rotatable bonds is 2. The first-order valence-corrected chi connectivity index (χ1v) is 4.96. The normalized spacial score (nSPS) is 10.8. The van der Waals surface area contributed by atoms with Crippen molar-refractivity contribution >= 4 is 23.5 Å². The second-order valence-electron chi connectivity index (χ2n) is 2.60. The Morgan fingerprint density at radius 2 is 2.08 bits per heavy atom. The van der Waals surface area contributed by atoms with Crippen LogP contribution in [0.2, 0.25) is 0 Å². The molecular formula is C11H9NS. The van der Waals surface area contributed by atoms with Crippen molar-refractivity contribution in [1.29, 1.82) is 0 Å². The van der Waals surface area contributed by atoms with Crippen LogP contribution in [0.1, 0.15) is 10.6 Å². The Hall–Kier alpha value is -1.41. The van der Waals surface area contributed by atoms with Gasteiger partial charge in [0.15, 0.2) is 0 Å². The zero-order valence-corrected chi connectivity index (χ0v) is 7.87. The zero-order chi connectivity index (χ0) is 8.93. The summed E-state index contributed by atoms with van der Waals surface area (Å²) in [7, 11) is 0. The molecular weight excluding hydrogens is 178 g/mol. The van der Waals surface area contributed by atoms with E-state index in [-0.39, 0.29) is 0 Å². The van der Waals surface area contributed by atoms with Crippen LogP contribution in [0, 0.1) is 0 Å². The minimum absolute atomic E-state index is 0.996. The number of aromatic nitrogens is 1. The van der Waals surface area contributed by atoms with Gasteiger partial charge in [-0.3, -0.25) is 4.98 Å².